The summed E-state index contributed by atoms with van der Waals surface area (Å²) in [6.45, 7) is 8.07. The minimum Gasteiger partial charge on any atom is -0.379 e. The molecule has 0 spiro atoms. The lowest BCUT2D eigenvalue weighted by Gasteiger charge is -2.09. The molecule has 0 radical (unpaired) electrons. The maximum atomic E-state index is 4.26. The Hall–Kier alpha value is -1.77. The Balaban J connectivity index is 2.07. The van der Waals surface area contributed by atoms with E-state index in [0.717, 1.165) is 13.1 Å². The zero-order chi connectivity index (χ0) is 12.3. The molecular formula is C14H19N3. The van der Waals surface area contributed by atoms with Crippen LogP contribution in [-0.2, 0) is 13.1 Å². The molecule has 2 aromatic rings. The summed E-state index contributed by atoms with van der Waals surface area (Å²) >= 11 is 0. The van der Waals surface area contributed by atoms with Crippen molar-refractivity contribution in [1.82, 2.24) is 9.78 Å². The number of aryl methyl sites for hydroxylation is 3. The third-order valence-electron chi connectivity index (χ3n) is 2.80. The van der Waals surface area contributed by atoms with E-state index in [0.29, 0.717) is 0 Å². The molecule has 0 bridgehead atoms. The molecule has 0 fully saturated rings. The van der Waals surface area contributed by atoms with Crippen LogP contribution in [-0.4, -0.2) is 9.78 Å². The largest absolute Gasteiger partial charge is 0.379 e. The minimum atomic E-state index is 0.816. The van der Waals surface area contributed by atoms with Crippen molar-refractivity contribution in [2.24, 2.45) is 0 Å². The Morgan fingerprint density at radius 1 is 1.18 bits per heavy atom. The lowest BCUT2D eigenvalue weighted by molar-refractivity contribution is 0.627. The van der Waals surface area contributed by atoms with E-state index in [2.05, 4.69) is 55.5 Å². The molecule has 1 aromatic carbocycles. The number of rotatable bonds is 4. The molecule has 90 valence electrons. The van der Waals surface area contributed by atoms with Gasteiger partial charge < -0.3 is 5.32 Å². The van der Waals surface area contributed by atoms with Crippen molar-refractivity contribution in [3.8, 4) is 0 Å². The molecule has 0 aliphatic heterocycles. The van der Waals surface area contributed by atoms with E-state index >= 15 is 0 Å². The SMILES string of the molecule is CCn1nccc1CNc1cc(C)cc(C)c1. The van der Waals surface area contributed by atoms with E-state index in [1.54, 1.807) is 0 Å². The van der Waals surface area contributed by atoms with E-state index in [1.807, 2.05) is 10.9 Å². The second-order valence-electron chi connectivity index (χ2n) is 4.37. The van der Waals surface area contributed by atoms with E-state index in [9.17, 15) is 0 Å². The number of hydrogen-bond acceptors (Lipinski definition) is 2. The summed E-state index contributed by atoms with van der Waals surface area (Å²) in [5.74, 6) is 0. The molecule has 17 heavy (non-hydrogen) atoms. The monoisotopic (exact) mass is 229 g/mol. The van der Waals surface area contributed by atoms with E-state index in [-0.39, 0.29) is 0 Å². The summed E-state index contributed by atoms with van der Waals surface area (Å²) in [6, 6.07) is 8.57. The summed E-state index contributed by atoms with van der Waals surface area (Å²) < 4.78 is 2.01. The van der Waals surface area contributed by atoms with Gasteiger partial charge in [0.1, 0.15) is 0 Å². The van der Waals surface area contributed by atoms with Gasteiger partial charge >= 0.3 is 0 Å². The van der Waals surface area contributed by atoms with Crippen molar-refractivity contribution in [2.45, 2.75) is 33.9 Å². The molecule has 0 unspecified atom stereocenters. The van der Waals surface area contributed by atoms with Crippen molar-refractivity contribution in [1.29, 1.82) is 0 Å². The molecular weight excluding hydrogens is 210 g/mol. The van der Waals surface area contributed by atoms with Crippen molar-refractivity contribution in [3.05, 3.63) is 47.3 Å². The van der Waals surface area contributed by atoms with Crippen LogP contribution in [0.2, 0.25) is 0 Å². The Morgan fingerprint density at radius 2 is 1.88 bits per heavy atom. The van der Waals surface area contributed by atoms with Gasteiger partial charge in [0, 0.05) is 18.4 Å². The van der Waals surface area contributed by atoms with Gasteiger partial charge in [0.15, 0.2) is 0 Å². The van der Waals surface area contributed by atoms with Gasteiger partial charge in [-0.2, -0.15) is 5.10 Å². The highest BCUT2D eigenvalue weighted by atomic mass is 15.3. The zero-order valence-electron chi connectivity index (χ0n) is 10.7. The van der Waals surface area contributed by atoms with Gasteiger partial charge in [-0.3, -0.25) is 4.68 Å². The molecule has 3 heteroatoms. The number of nitrogens with one attached hydrogen (secondary N) is 1. The quantitative estimate of drug-likeness (QED) is 0.873. The van der Waals surface area contributed by atoms with Crippen molar-refractivity contribution in [3.63, 3.8) is 0 Å². The summed E-state index contributed by atoms with van der Waals surface area (Å²) in [5.41, 5.74) is 4.96. The second kappa shape index (κ2) is 5.04. The Kier molecular flexibility index (Phi) is 3.47. The van der Waals surface area contributed by atoms with Crippen LogP contribution in [0.25, 0.3) is 0 Å². The number of nitrogens with zero attached hydrogens (tertiary/aromatic N) is 2. The molecule has 2 rings (SSSR count). The Bertz CT molecular complexity index is 480. The van der Waals surface area contributed by atoms with Crippen LogP contribution >= 0.6 is 0 Å². The fourth-order valence-corrected chi connectivity index (χ4v) is 2.06. The number of aromatic nitrogens is 2. The lowest BCUT2D eigenvalue weighted by Crippen LogP contribution is -2.07. The van der Waals surface area contributed by atoms with Gasteiger partial charge in [0.25, 0.3) is 0 Å². The summed E-state index contributed by atoms with van der Waals surface area (Å²) in [6.07, 6.45) is 1.85. The summed E-state index contributed by atoms with van der Waals surface area (Å²) in [7, 11) is 0. The number of hydrogen-bond donors (Lipinski definition) is 1. The van der Waals surface area contributed by atoms with Crippen LogP contribution in [0.15, 0.2) is 30.5 Å². The molecule has 0 saturated heterocycles. The molecule has 3 nitrogen and oxygen atoms in total. The van der Waals surface area contributed by atoms with Gasteiger partial charge in [-0.1, -0.05) is 6.07 Å². The first kappa shape index (κ1) is 11.7. The predicted octanol–water partition coefficient (Wildman–Crippen LogP) is 3.13. The smallest absolute Gasteiger partial charge is 0.0575 e. The fourth-order valence-electron chi connectivity index (χ4n) is 2.06. The Morgan fingerprint density at radius 3 is 2.53 bits per heavy atom. The van der Waals surface area contributed by atoms with Crippen molar-refractivity contribution >= 4 is 5.69 Å². The number of benzene rings is 1. The normalized spacial score (nSPS) is 10.5. The third kappa shape index (κ3) is 2.87. The first-order chi connectivity index (χ1) is 8.19. The second-order valence-corrected chi connectivity index (χ2v) is 4.37. The molecule has 0 saturated carbocycles. The minimum absolute atomic E-state index is 0.816. The Labute approximate surface area is 102 Å². The van der Waals surface area contributed by atoms with E-state index in [4.69, 9.17) is 0 Å². The molecule has 1 heterocycles. The maximum Gasteiger partial charge on any atom is 0.0575 e. The van der Waals surface area contributed by atoms with Gasteiger partial charge in [-0.25, -0.2) is 0 Å². The van der Waals surface area contributed by atoms with Gasteiger partial charge in [-0.15, -0.1) is 0 Å². The van der Waals surface area contributed by atoms with Crippen LogP contribution in [0, 0.1) is 13.8 Å². The molecule has 0 amide bonds. The molecule has 1 aromatic heterocycles. The number of anilines is 1. The van der Waals surface area contributed by atoms with Gasteiger partial charge in [0.2, 0.25) is 0 Å². The molecule has 1 N–H and O–H groups in total. The average molecular weight is 229 g/mol. The highest BCUT2D eigenvalue weighted by Gasteiger charge is 2.01. The predicted molar refractivity (Wildman–Crippen MR) is 71.1 cm³/mol. The van der Waals surface area contributed by atoms with Crippen molar-refractivity contribution < 1.29 is 0 Å². The molecule has 0 aliphatic rings. The zero-order valence-corrected chi connectivity index (χ0v) is 10.7. The third-order valence-corrected chi connectivity index (χ3v) is 2.80. The highest BCUT2D eigenvalue weighted by molar-refractivity contribution is 5.48. The van der Waals surface area contributed by atoms with E-state index < -0.39 is 0 Å². The first-order valence-corrected chi connectivity index (χ1v) is 6.02. The van der Waals surface area contributed by atoms with Crippen LogP contribution in [0.4, 0.5) is 5.69 Å². The first-order valence-electron chi connectivity index (χ1n) is 6.02. The van der Waals surface area contributed by atoms with Crippen LogP contribution < -0.4 is 5.32 Å². The highest BCUT2D eigenvalue weighted by Crippen LogP contribution is 2.14. The lowest BCUT2D eigenvalue weighted by atomic mass is 10.1. The maximum absolute atomic E-state index is 4.26. The molecule has 0 aliphatic carbocycles. The topological polar surface area (TPSA) is 29.9 Å². The van der Waals surface area contributed by atoms with Gasteiger partial charge in [-0.05, 0) is 50.1 Å². The fraction of sp³-hybridized carbons (Fsp3) is 0.357. The van der Waals surface area contributed by atoms with Crippen LogP contribution in [0.5, 0.6) is 0 Å². The van der Waals surface area contributed by atoms with E-state index in [1.165, 1.54) is 22.5 Å². The van der Waals surface area contributed by atoms with Crippen LogP contribution in [0.1, 0.15) is 23.7 Å². The molecule has 0 atom stereocenters. The summed E-state index contributed by atoms with van der Waals surface area (Å²) in [4.78, 5) is 0. The van der Waals surface area contributed by atoms with Gasteiger partial charge in [0.05, 0.1) is 12.2 Å². The van der Waals surface area contributed by atoms with Crippen molar-refractivity contribution in [2.75, 3.05) is 5.32 Å². The average Bonchev–Trinajstić information content (AvgIpc) is 2.72. The standard InChI is InChI=1S/C14H19N3/c1-4-17-14(5-6-16-17)10-15-13-8-11(2)7-12(3)9-13/h5-9,15H,4,10H2,1-3H3. The summed E-state index contributed by atoms with van der Waals surface area (Å²) in [5, 5.41) is 7.70. The van der Waals surface area contributed by atoms with Crippen LogP contribution in [0.3, 0.4) is 0 Å².